The van der Waals surface area contributed by atoms with Gasteiger partial charge in [0, 0.05) is 23.1 Å². The number of hydrogen-bond donors (Lipinski definition) is 3. The lowest BCUT2D eigenvalue weighted by Gasteiger charge is -2.19. The van der Waals surface area contributed by atoms with E-state index in [1.807, 2.05) is 39.0 Å². The molecule has 0 radical (unpaired) electrons. The van der Waals surface area contributed by atoms with Crippen LogP contribution in [0.15, 0.2) is 30.5 Å². The molecule has 7 heteroatoms. The molecule has 0 fully saturated rings. The third kappa shape index (κ3) is 5.34. The Labute approximate surface area is 147 Å². The van der Waals surface area contributed by atoms with E-state index in [1.54, 1.807) is 12.3 Å². The Morgan fingerprint density at radius 3 is 2.68 bits per heavy atom. The van der Waals surface area contributed by atoms with Crippen molar-refractivity contribution in [3.8, 4) is 11.4 Å². The van der Waals surface area contributed by atoms with Crippen molar-refractivity contribution in [1.82, 2.24) is 15.3 Å². The molecule has 0 saturated carbocycles. The largest absolute Gasteiger partial charge is 0.453 e. The second-order valence-electron chi connectivity index (χ2n) is 6.30. The molecule has 1 atom stereocenters. The number of ether oxygens (including phenoxy) is 1. The Kier molecular flexibility index (Phi) is 6.16. The average molecular weight is 344 g/mol. The number of alkyl carbamates (subject to hydrolysis) is 1. The van der Waals surface area contributed by atoms with Gasteiger partial charge in [0.1, 0.15) is 11.9 Å². The molecule has 0 aliphatic carbocycles. The van der Waals surface area contributed by atoms with E-state index in [1.165, 1.54) is 7.11 Å². The summed E-state index contributed by atoms with van der Waals surface area (Å²) in [5.41, 5.74) is 2.47. The minimum atomic E-state index is -0.665. The number of methoxy groups -OCH3 is 1. The zero-order valence-corrected chi connectivity index (χ0v) is 14.9. The average Bonchev–Trinajstić information content (AvgIpc) is 3.00. The number of H-pyrrole nitrogens is 1. The molecule has 3 N–H and O–H groups in total. The summed E-state index contributed by atoms with van der Waals surface area (Å²) >= 11 is 0. The second kappa shape index (κ2) is 8.32. The number of amides is 2. The highest BCUT2D eigenvalue weighted by atomic mass is 16.5. The van der Waals surface area contributed by atoms with E-state index in [9.17, 15) is 9.59 Å². The maximum atomic E-state index is 12.5. The topological polar surface area (TPSA) is 96.1 Å². The van der Waals surface area contributed by atoms with Crippen molar-refractivity contribution >= 4 is 17.7 Å². The van der Waals surface area contributed by atoms with Crippen LogP contribution < -0.4 is 10.6 Å². The minimum Gasteiger partial charge on any atom is -0.453 e. The molecule has 1 aromatic carbocycles. The molecule has 134 valence electrons. The monoisotopic (exact) mass is 344 g/mol. The molecule has 2 aromatic rings. The molecule has 0 unspecified atom stereocenters. The van der Waals surface area contributed by atoms with E-state index in [-0.39, 0.29) is 11.8 Å². The lowest BCUT2D eigenvalue weighted by molar-refractivity contribution is -0.118. The molecule has 7 nitrogen and oxygen atoms in total. The van der Waals surface area contributed by atoms with Crippen molar-refractivity contribution in [1.29, 1.82) is 0 Å². The number of carbonyl (C=O) groups is 2. The highest BCUT2D eigenvalue weighted by molar-refractivity contribution is 5.96. The van der Waals surface area contributed by atoms with E-state index in [0.717, 1.165) is 17.1 Å². The van der Waals surface area contributed by atoms with Gasteiger partial charge in [0.25, 0.3) is 0 Å². The van der Waals surface area contributed by atoms with Gasteiger partial charge in [0.05, 0.1) is 7.11 Å². The molecule has 2 rings (SSSR count). The molecule has 0 bridgehead atoms. The van der Waals surface area contributed by atoms with Crippen molar-refractivity contribution in [3.63, 3.8) is 0 Å². The molecule has 1 aromatic heterocycles. The molecule has 0 aliphatic rings. The Morgan fingerprint density at radius 2 is 2.08 bits per heavy atom. The minimum absolute atomic E-state index is 0.241. The van der Waals surface area contributed by atoms with Crippen LogP contribution in [0.25, 0.3) is 11.4 Å². The summed E-state index contributed by atoms with van der Waals surface area (Å²) in [6.07, 6.45) is 1.64. The first-order valence-electron chi connectivity index (χ1n) is 8.16. The van der Waals surface area contributed by atoms with Gasteiger partial charge in [-0.25, -0.2) is 9.78 Å². The number of aromatic nitrogens is 2. The van der Waals surface area contributed by atoms with Gasteiger partial charge in [0.2, 0.25) is 5.91 Å². The van der Waals surface area contributed by atoms with Gasteiger partial charge in [-0.15, -0.1) is 0 Å². The lowest BCUT2D eigenvalue weighted by atomic mass is 10.0. The van der Waals surface area contributed by atoms with Crippen LogP contribution in [0.3, 0.4) is 0 Å². The summed E-state index contributed by atoms with van der Waals surface area (Å²) in [5.74, 6) is 0.692. The van der Waals surface area contributed by atoms with E-state index in [2.05, 4.69) is 25.3 Å². The summed E-state index contributed by atoms with van der Waals surface area (Å²) in [6.45, 7) is 5.90. The number of nitrogens with one attached hydrogen (secondary N) is 3. The van der Waals surface area contributed by atoms with Crippen molar-refractivity contribution in [2.75, 3.05) is 12.4 Å². The van der Waals surface area contributed by atoms with Crippen molar-refractivity contribution < 1.29 is 14.3 Å². The first-order chi connectivity index (χ1) is 11.9. The molecule has 0 spiro atoms. The number of nitrogens with zero attached hydrogens (tertiary/aromatic N) is 1. The normalized spacial score (nSPS) is 11.9. The highest BCUT2D eigenvalue weighted by Gasteiger charge is 2.22. The predicted octanol–water partition coefficient (Wildman–Crippen LogP) is 3.09. The third-order valence-electron chi connectivity index (χ3n) is 3.61. The summed E-state index contributed by atoms with van der Waals surface area (Å²) in [6, 6.07) is 6.71. The second-order valence-corrected chi connectivity index (χ2v) is 6.30. The summed E-state index contributed by atoms with van der Waals surface area (Å²) < 4.78 is 4.60. The van der Waals surface area contributed by atoms with Crippen LogP contribution in [-0.4, -0.2) is 35.1 Å². The van der Waals surface area contributed by atoms with Crippen molar-refractivity contribution in [2.45, 2.75) is 33.2 Å². The lowest BCUT2D eigenvalue weighted by Crippen LogP contribution is -2.44. The summed E-state index contributed by atoms with van der Waals surface area (Å²) in [7, 11) is 1.27. The van der Waals surface area contributed by atoms with Gasteiger partial charge in [-0.3, -0.25) is 4.79 Å². The quantitative estimate of drug-likeness (QED) is 0.750. The summed E-state index contributed by atoms with van der Waals surface area (Å²) in [5, 5.41) is 5.42. The third-order valence-corrected chi connectivity index (χ3v) is 3.61. The van der Waals surface area contributed by atoms with Gasteiger partial charge in [-0.05, 0) is 31.4 Å². The maximum absolute atomic E-state index is 12.5. The van der Waals surface area contributed by atoms with Crippen molar-refractivity contribution in [3.05, 3.63) is 36.2 Å². The first kappa shape index (κ1) is 18.5. The fourth-order valence-corrected chi connectivity index (χ4v) is 2.44. The number of carbonyl (C=O) groups excluding carboxylic acids is 2. The Balaban J connectivity index is 2.13. The van der Waals surface area contributed by atoms with E-state index in [4.69, 9.17) is 0 Å². The van der Waals surface area contributed by atoms with Crippen molar-refractivity contribution in [2.24, 2.45) is 5.92 Å². The van der Waals surface area contributed by atoms with Gasteiger partial charge < -0.3 is 20.4 Å². The number of aromatic amines is 1. The highest BCUT2D eigenvalue weighted by Crippen LogP contribution is 2.20. The predicted molar refractivity (Wildman–Crippen MR) is 96.2 cm³/mol. The number of aryl methyl sites for hydroxylation is 1. The smallest absolute Gasteiger partial charge is 0.407 e. The molecule has 1 heterocycles. The van der Waals surface area contributed by atoms with Crippen LogP contribution in [-0.2, 0) is 9.53 Å². The number of imidazole rings is 1. The number of anilines is 1. The number of rotatable bonds is 6. The summed E-state index contributed by atoms with van der Waals surface area (Å²) in [4.78, 5) is 31.5. The molecule has 0 saturated heterocycles. The first-order valence-corrected chi connectivity index (χ1v) is 8.16. The standard InChI is InChI=1S/C18H24N4O3/c1-11(2)8-15(22-18(24)25-4)17(23)21-14-7-5-6-13(9-14)16-19-10-12(3)20-16/h5-7,9-11,15H,8H2,1-4H3,(H,19,20)(H,21,23)(H,22,24)/t15-/m0/s1. The zero-order chi connectivity index (χ0) is 18.4. The van der Waals surface area contributed by atoms with E-state index < -0.39 is 12.1 Å². The van der Waals surface area contributed by atoms with Gasteiger partial charge in [0.15, 0.2) is 0 Å². The van der Waals surface area contributed by atoms with Crippen LogP contribution in [0, 0.1) is 12.8 Å². The van der Waals surface area contributed by atoms with Gasteiger partial charge in [-0.1, -0.05) is 26.0 Å². The van der Waals surface area contributed by atoms with Gasteiger partial charge in [-0.2, -0.15) is 0 Å². The Bertz CT molecular complexity index is 739. The molecule has 2 amide bonds. The van der Waals surface area contributed by atoms with E-state index in [0.29, 0.717) is 12.1 Å². The number of hydrogen-bond acceptors (Lipinski definition) is 4. The van der Waals surface area contributed by atoms with Gasteiger partial charge >= 0.3 is 6.09 Å². The number of benzene rings is 1. The Hall–Kier alpha value is -2.83. The maximum Gasteiger partial charge on any atom is 0.407 e. The zero-order valence-electron chi connectivity index (χ0n) is 14.9. The van der Waals surface area contributed by atoms with Crippen LogP contribution in [0.1, 0.15) is 26.0 Å². The molecule has 0 aliphatic heterocycles. The molecule has 25 heavy (non-hydrogen) atoms. The van der Waals surface area contributed by atoms with Crippen LogP contribution >= 0.6 is 0 Å². The Morgan fingerprint density at radius 1 is 1.32 bits per heavy atom. The molecular formula is C18H24N4O3. The fourth-order valence-electron chi connectivity index (χ4n) is 2.44. The van der Waals surface area contributed by atoms with Crippen LogP contribution in [0.2, 0.25) is 0 Å². The van der Waals surface area contributed by atoms with E-state index >= 15 is 0 Å². The van der Waals surface area contributed by atoms with Crippen LogP contribution in [0.4, 0.5) is 10.5 Å². The molecular weight excluding hydrogens is 320 g/mol. The SMILES string of the molecule is COC(=O)N[C@@H](CC(C)C)C(=O)Nc1cccc(-c2ncc(C)[nH]2)c1. The van der Waals surface area contributed by atoms with Crippen LogP contribution in [0.5, 0.6) is 0 Å². The fraction of sp³-hybridized carbons (Fsp3) is 0.389.